The fourth-order valence-corrected chi connectivity index (χ4v) is 4.70. The summed E-state index contributed by atoms with van der Waals surface area (Å²) in [4.78, 5) is 27.9. The molecule has 1 aromatic carbocycles. The summed E-state index contributed by atoms with van der Waals surface area (Å²) < 4.78 is 49.7. The van der Waals surface area contributed by atoms with Crippen molar-refractivity contribution in [3.63, 3.8) is 0 Å². The van der Waals surface area contributed by atoms with Gasteiger partial charge in [-0.1, -0.05) is 0 Å². The highest BCUT2D eigenvalue weighted by Crippen LogP contribution is 2.46. The Balaban J connectivity index is 1.72. The summed E-state index contributed by atoms with van der Waals surface area (Å²) in [5, 5.41) is 12.9. The molecule has 0 spiro atoms. The maximum atomic E-state index is 13.5. The van der Waals surface area contributed by atoms with Gasteiger partial charge in [0.1, 0.15) is 35.8 Å². The highest BCUT2D eigenvalue weighted by Gasteiger charge is 2.39. The van der Waals surface area contributed by atoms with Crippen LogP contribution in [0.15, 0.2) is 41.3 Å². The molecule has 0 saturated carbocycles. The number of hydrogen-bond donors (Lipinski definition) is 3. The summed E-state index contributed by atoms with van der Waals surface area (Å²) in [6.07, 6.45) is -1.91. The lowest BCUT2D eigenvalue weighted by atomic mass is 10.2. The van der Waals surface area contributed by atoms with Crippen LogP contribution in [-0.4, -0.2) is 51.6 Å². The molecule has 12 nitrogen and oxygen atoms in total. The van der Waals surface area contributed by atoms with Gasteiger partial charge in [0.2, 0.25) is 0 Å². The van der Waals surface area contributed by atoms with Crippen LogP contribution >= 0.6 is 7.75 Å². The molecule has 1 saturated heterocycles. The molecule has 1 fully saturated rings. The van der Waals surface area contributed by atoms with E-state index in [1.165, 1.54) is 31.3 Å². The van der Waals surface area contributed by atoms with Crippen LogP contribution < -0.4 is 21.0 Å². The number of aliphatic hydroxyl groups excluding tert-OH is 1. The zero-order valence-electron chi connectivity index (χ0n) is 19.4. The number of aliphatic hydroxyl groups is 1. The molecule has 0 bridgehead atoms. The molecule has 192 valence electrons. The molecular weight excluding hydrogens is 486 g/mol. The fourth-order valence-electron chi connectivity index (χ4n) is 3.20. The van der Waals surface area contributed by atoms with E-state index in [9.17, 15) is 23.7 Å². The maximum Gasteiger partial charge on any atom is 0.459 e. The number of hydrogen-bond acceptors (Lipinski definition) is 10. The van der Waals surface area contributed by atoms with Gasteiger partial charge in [-0.15, -0.1) is 0 Å². The number of esters is 1. The highest BCUT2D eigenvalue weighted by atomic mass is 31.2. The summed E-state index contributed by atoms with van der Waals surface area (Å²) >= 11 is 0. The molecule has 0 aliphatic carbocycles. The van der Waals surface area contributed by atoms with E-state index in [-0.39, 0.29) is 18.0 Å². The number of anilines is 1. The van der Waals surface area contributed by atoms with Crippen LogP contribution in [0.5, 0.6) is 5.75 Å². The third kappa shape index (κ3) is 7.33. The summed E-state index contributed by atoms with van der Waals surface area (Å²) in [6.45, 7) is 4.30. The third-order valence-corrected chi connectivity index (χ3v) is 6.51. The molecule has 0 radical (unpaired) electrons. The largest absolute Gasteiger partial charge is 0.462 e. The van der Waals surface area contributed by atoms with Crippen molar-refractivity contribution in [3.05, 3.63) is 52.8 Å². The Labute approximate surface area is 200 Å². The van der Waals surface area contributed by atoms with Gasteiger partial charge in [0.25, 0.3) is 0 Å². The van der Waals surface area contributed by atoms with Gasteiger partial charge in [-0.3, -0.25) is 13.9 Å². The number of nitrogen functional groups attached to an aromatic ring is 1. The monoisotopic (exact) mass is 514 g/mol. The number of carbonyl (C=O) groups is 1. The Morgan fingerprint density at radius 2 is 2.03 bits per heavy atom. The van der Waals surface area contributed by atoms with E-state index in [0.29, 0.717) is 0 Å². The van der Waals surface area contributed by atoms with Crippen LogP contribution in [0, 0.1) is 5.82 Å². The van der Waals surface area contributed by atoms with Crippen LogP contribution in [0.4, 0.5) is 10.2 Å². The summed E-state index contributed by atoms with van der Waals surface area (Å²) in [5.74, 6) is -1.17. The van der Waals surface area contributed by atoms with E-state index in [1.807, 2.05) is 0 Å². The van der Waals surface area contributed by atoms with Crippen LogP contribution in [-0.2, 0) is 23.4 Å². The molecule has 1 aromatic heterocycles. The van der Waals surface area contributed by atoms with Crippen LogP contribution in [0.2, 0.25) is 0 Å². The van der Waals surface area contributed by atoms with Gasteiger partial charge in [-0.05, 0) is 51.1 Å². The molecule has 1 aliphatic rings. The second-order valence-corrected chi connectivity index (χ2v) is 9.84. The zero-order chi connectivity index (χ0) is 25.8. The number of halogens is 1. The number of ether oxygens (including phenoxy) is 2. The van der Waals surface area contributed by atoms with E-state index in [0.717, 1.165) is 16.7 Å². The number of nitrogens with zero attached hydrogens (tertiary/aromatic N) is 2. The molecule has 4 N–H and O–H groups in total. The Kier molecular flexibility index (Phi) is 8.62. The molecule has 35 heavy (non-hydrogen) atoms. The normalized spacial score (nSPS) is 22.5. The maximum absolute atomic E-state index is 13.5. The molecule has 14 heteroatoms. The van der Waals surface area contributed by atoms with Gasteiger partial charge in [0.15, 0.2) is 0 Å². The Morgan fingerprint density at radius 3 is 2.66 bits per heavy atom. The van der Waals surface area contributed by atoms with Crippen LogP contribution in [0.25, 0.3) is 0 Å². The van der Waals surface area contributed by atoms with Crippen molar-refractivity contribution in [2.75, 3.05) is 12.3 Å². The van der Waals surface area contributed by atoms with Crippen molar-refractivity contribution in [2.24, 2.45) is 0 Å². The van der Waals surface area contributed by atoms with Gasteiger partial charge in [0, 0.05) is 12.6 Å². The average molecular weight is 514 g/mol. The SMILES string of the molecule is CC(C)OC(=O)[C@H](C)NP(=O)(OCC1O[C@@H](n2ccc(N)nc2=O)C[C@H]1O)Oc1ccc(F)cc1. The molecule has 2 unspecified atom stereocenters. The second kappa shape index (κ2) is 11.3. The number of rotatable bonds is 10. The predicted molar refractivity (Wildman–Crippen MR) is 122 cm³/mol. The summed E-state index contributed by atoms with van der Waals surface area (Å²) in [5.41, 5.74) is 4.84. The molecule has 3 rings (SSSR count). The Hall–Kier alpha value is -2.83. The zero-order valence-corrected chi connectivity index (χ0v) is 20.3. The fraction of sp³-hybridized carbons (Fsp3) is 0.476. The molecular formula is C21H28FN4O8P. The Morgan fingerprint density at radius 1 is 1.34 bits per heavy atom. The lowest BCUT2D eigenvalue weighted by Gasteiger charge is -2.25. The average Bonchev–Trinajstić information content (AvgIpc) is 3.13. The van der Waals surface area contributed by atoms with Gasteiger partial charge in [0.05, 0.1) is 18.8 Å². The van der Waals surface area contributed by atoms with Gasteiger partial charge >= 0.3 is 19.4 Å². The first-order chi connectivity index (χ1) is 16.5. The molecule has 5 atom stereocenters. The molecule has 2 aromatic rings. The first-order valence-electron chi connectivity index (χ1n) is 10.8. The predicted octanol–water partition coefficient (Wildman–Crippen LogP) is 1.75. The second-order valence-electron chi connectivity index (χ2n) is 8.15. The van der Waals surface area contributed by atoms with E-state index < -0.39 is 62.4 Å². The van der Waals surface area contributed by atoms with Crippen molar-refractivity contribution in [2.45, 2.75) is 57.8 Å². The van der Waals surface area contributed by atoms with E-state index in [4.69, 9.17) is 24.3 Å². The van der Waals surface area contributed by atoms with Crippen molar-refractivity contribution >= 4 is 19.5 Å². The highest BCUT2D eigenvalue weighted by molar-refractivity contribution is 7.52. The van der Waals surface area contributed by atoms with Crippen molar-refractivity contribution in [3.8, 4) is 5.75 Å². The van der Waals surface area contributed by atoms with Crippen molar-refractivity contribution in [1.82, 2.24) is 14.6 Å². The first-order valence-corrected chi connectivity index (χ1v) is 12.4. The molecule has 0 amide bonds. The number of nitrogens with two attached hydrogens (primary N) is 1. The smallest absolute Gasteiger partial charge is 0.459 e. The number of nitrogens with one attached hydrogen (secondary N) is 1. The molecule has 1 aliphatic heterocycles. The lowest BCUT2D eigenvalue weighted by molar-refractivity contribution is -0.149. The summed E-state index contributed by atoms with van der Waals surface area (Å²) in [7, 11) is -4.26. The topological polar surface area (TPSA) is 164 Å². The lowest BCUT2D eigenvalue weighted by Crippen LogP contribution is -2.37. The number of carbonyl (C=O) groups excluding carboxylic acids is 1. The van der Waals surface area contributed by atoms with E-state index >= 15 is 0 Å². The standard InChI is InChI=1S/C21H28FN4O8P/c1-12(2)32-20(28)13(3)25-35(30,34-15-6-4-14(22)5-7-15)31-11-17-16(27)10-19(33-17)26-9-8-18(23)24-21(26)29/h4-9,12-13,16-17,19,27H,10-11H2,1-3H3,(H,25,30)(H2,23,24,29)/t13-,16+,17?,19+,35?/m0/s1. The molecule has 2 heterocycles. The van der Waals surface area contributed by atoms with E-state index in [2.05, 4.69) is 10.1 Å². The van der Waals surface area contributed by atoms with Crippen LogP contribution in [0.3, 0.4) is 0 Å². The van der Waals surface area contributed by atoms with Crippen molar-refractivity contribution in [1.29, 1.82) is 0 Å². The minimum Gasteiger partial charge on any atom is -0.462 e. The number of aromatic nitrogens is 2. The van der Waals surface area contributed by atoms with Gasteiger partial charge < -0.3 is 24.8 Å². The quantitative estimate of drug-likeness (QED) is 0.312. The Bertz CT molecular complexity index is 1130. The van der Waals surface area contributed by atoms with Gasteiger partial charge in [-0.25, -0.2) is 13.8 Å². The number of benzene rings is 1. The van der Waals surface area contributed by atoms with E-state index in [1.54, 1.807) is 13.8 Å². The minimum absolute atomic E-state index is 0.0110. The van der Waals surface area contributed by atoms with Crippen molar-refractivity contribution < 1.29 is 37.4 Å². The van der Waals surface area contributed by atoms with Gasteiger partial charge in [-0.2, -0.15) is 10.1 Å². The first kappa shape index (κ1) is 26.8. The minimum atomic E-state index is -4.26. The van der Waals surface area contributed by atoms with Crippen LogP contribution in [0.1, 0.15) is 33.4 Å². The third-order valence-electron chi connectivity index (χ3n) is 4.87. The summed E-state index contributed by atoms with van der Waals surface area (Å²) in [6, 6.07) is 4.99.